The van der Waals surface area contributed by atoms with Crippen LogP contribution in [0.3, 0.4) is 0 Å². The molecule has 2 amide bonds. The van der Waals surface area contributed by atoms with Crippen molar-refractivity contribution in [3.63, 3.8) is 0 Å². The normalized spacial score (nSPS) is 15.2. The Labute approximate surface area is 140 Å². The van der Waals surface area contributed by atoms with Crippen molar-refractivity contribution in [2.75, 3.05) is 13.2 Å². The van der Waals surface area contributed by atoms with Crippen molar-refractivity contribution >= 4 is 23.5 Å². The molecule has 1 aliphatic heterocycles. The molecule has 0 saturated carbocycles. The highest BCUT2D eigenvalue weighted by atomic mass is 16.5. The Bertz CT molecular complexity index is 713. The van der Waals surface area contributed by atoms with Gasteiger partial charge < -0.3 is 9.84 Å². The predicted molar refractivity (Wildman–Crippen MR) is 84.5 cm³/mol. The van der Waals surface area contributed by atoms with Crippen LogP contribution in [-0.2, 0) is 24.5 Å². The lowest BCUT2D eigenvalue weighted by molar-refractivity contribution is -0.578. The third-order valence-corrected chi connectivity index (χ3v) is 3.69. The van der Waals surface area contributed by atoms with E-state index in [1.807, 2.05) is 12.1 Å². The van der Waals surface area contributed by atoms with E-state index in [0.717, 1.165) is 10.5 Å². The van der Waals surface area contributed by atoms with Crippen LogP contribution >= 0.6 is 0 Å². The van der Waals surface area contributed by atoms with Crippen LogP contribution in [0.2, 0.25) is 0 Å². The number of ether oxygens (including phenoxy) is 1. The zero-order chi connectivity index (χ0) is 18.1. The second-order valence-electron chi connectivity index (χ2n) is 6.54. The summed E-state index contributed by atoms with van der Waals surface area (Å²) in [5.41, 5.74) is 0.895. The largest absolute Gasteiger partial charge is 0.498 e. The second kappa shape index (κ2) is 6.43. The van der Waals surface area contributed by atoms with Gasteiger partial charge in [0, 0.05) is 19.1 Å². The molecule has 0 unspecified atom stereocenters. The molecule has 2 heterocycles. The van der Waals surface area contributed by atoms with E-state index in [1.54, 1.807) is 12.4 Å². The Morgan fingerprint density at radius 2 is 1.79 bits per heavy atom. The first kappa shape index (κ1) is 17.7. The van der Waals surface area contributed by atoms with E-state index < -0.39 is 23.5 Å². The maximum Gasteiger partial charge on any atom is 0.330 e. The first-order chi connectivity index (χ1) is 11.1. The first-order valence-electron chi connectivity index (χ1n) is 7.58. The van der Waals surface area contributed by atoms with E-state index in [1.165, 1.54) is 11.5 Å². The Balaban J connectivity index is 2.22. The number of rotatable bonds is 4. The molecule has 0 radical (unpaired) electrons. The zero-order valence-electron chi connectivity index (χ0n) is 14.2. The van der Waals surface area contributed by atoms with Crippen LogP contribution in [0.1, 0.15) is 33.3 Å². The molecular formula is C17H21N2O5+. The van der Waals surface area contributed by atoms with Crippen LogP contribution in [-0.4, -0.2) is 40.9 Å². The number of aliphatic hydroxyl groups is 1. The minimum Gasteiger partial charge on any atom is -0.498 e. The topological polar surface area (TPSA) is 87.8 Å². The molecule has 0 aliphatic carbocycles. The number of aromatic nitrogens is 1. The molecule has 0 fully saturated rings. The van der Waals surface area contributed by atoms with E-state index in [-0.39, 0.29) is 24.3 Å². The van der Waals surface area contributed by atoms with Crippen molar-refractivity contribution < 1.29 is 28.8 Å². The molecule has 1 aromatic rings. The van der Waals surface area contributed by atoms with Gasteiger partial charge in [-0.05, 0) is 11.0 Å². The van der Waals surface area contributed by atoms with Gasteiger partial charge in [0.05, 0.1) is 6.54 Å². The summed E-state index contributed by atoms with van der Waals surface area (Å²) in [7, 11) is 0. The summed E-state index contributed by atoms with van der Waals surface area (Å²) < 4.78 is 6.15. The van der Waals surface area contributed by atoms with Crippen LogP contribution in [0.25, 0.3) is 5.70 Å². The SMILES string of the molecule is CC(=O)OCCN1C(=O)C(O)=C([n+]2ccc(C(C)(C)C)cc2)C1=O. The smallest absolute Gasteiger partial charge is 0.330 e. The summed E-state index contributed by atoms with van der Waals surface area (Å²) in [6, 6.07) is 3.67. The minimum atomic E-state index is -0.797. The molecule has 0 bridgehead atoms. The van der Waals surface area contributed by atoms with Crippen molar-refractivity contribution in [1.82, 2.24) is 4.90 Å². The van der Waals surface area contributed by atoms with Gasteiger partial charge in [-0.1, -0.05) is 20.8 Å². The molecule has 1 aliphatic rings. The van der Waals surface area contributed by atoms with Gasteiger partial charge in [-0.3, -0.25) is 19.3 Å². The average Bonchev–Trinajstić information content (AvgIpc) is 2.70. The minimum absolute atomic E-state index is 0.0545. The Morgan fingerprint density at radius 3 is 2.29 bits per heavy atom. The number of hydrogen-bond donors (Lipinski definition) is 1. The molecular weight excluding hydrogens is 312 g/mol. The van der Waals surface area contributed by atoms with Gasteiger partial charge in [0.15, 0.2) is 12.4 Å². The van der Waals surface area contributed by atoms with Gasteiger partial charge in [0.2, 0.25) is 0 Å². The third kappa shape index (κ3) is 3.45. The van der Waals surface area contributed by atoms with Gasteiger partial charge in [0.25, 0.3) is 5.76 Å². The molecule has 0 saturated heterocycles. The van der Waals surface area contributed by atoms with Crippen molar-refractivity contribution in [2.24, 2.45) is 0 Å². The number of imide groups is 1. The molecule has 1 aromatic heterocycles. The number of hydrogen-bond acceptors (Lipinski definition) is 5. The fourth-order valence-electron chi connectivity index (χ4n) is 2.34. The number of aliphatic hydroxyl groups excluding tert-OH is 1. The van der Waals surface area contributed by atoms with Gasteiger partial charge in [-0.25, -0.2) is 0 Å². The van der Waals surface area contributed by atoms with E-state index in [9.17, 15) is 19.5 Å². The highest BCUT2D eigenvalue weighted by Crippen LogP contribution is 2.22. The maximum atomic E-state index is 12.4. The van der Waals surface area contributed by atoms with Crippen molar-refractivity contribution in [3.05, 3.63) is 35.8 Å². The van der Waals surface area contributed by atoms with E-state index in [0.29, 0.717) is 0 Å². The molecule has 7 nitrogen and oxygen atoms in total. The first-order valence-corrected chi connectivity index (χ1v) is 7.58. The lowest BCUT2D eigenvalue weighted by atomic mass is 9.88. The summed E-state index contributed by atoms with van der Waals surface area (Å²) in [5.74, 6) is -2.54. The lowest BCUT2D eigenvalue weighted by Crippen LogP contribution is -2.41. The van der Waals surface area contributed by atoms with Gasteiger partial charge >= 0.3 is 23.5 Å². The molecule has 128 valence electrons. The number of amides is 2. The van der Waals surface area contributed by atoms with E-state index in [2.05, 4.69) is 20.8 Å². The third-order valence-electron chi connectivity index (χ3n) is 3.69. The van der Waals surface area contributed by atoms with Crippen LogP contribution in [0.15, 0.2) is 30.3 Å². The standard InChI is InChI=1S/C17H20N2O5/c1-11(20)24-10-9-19-15(22)13(14(21)16(19)23)18-7-5-12(6-8-18)17(2,3)4/h5-8H,9-10H2,1-4H3/p+1. The second-order valence-corrected chi connectivity index (χ2v) is 6.54. The summed E-state index contributed by atoms with van der Waals surface area (Å²) in [6.45, 7) is 7.20. The van der Waals surface area contributed by atoms with E-state index in [4.69, 9.17) is 4.74 Å². The maximum absolute atomic E-state index is 12.4. The fraction of sp³-hybridized carbons (Fsp3) is 0.412. The summed E-state index contributed by atoms with van der Waals surface area (Å²) in [6.07, 6.45) is 3.26. The molecule has 1 N–H and O–H groups in total. The van der Waals surface area contributed by atoms with Crippen LogP contribution < -0.4 is 4.57 Å². The van der Waals surface area contributed by atoms with Crippen LogP contribution in [0, 0.1) is 0 Å². The molecule has 0 atom stereocenters. The van der Waals surface area contributed by atoms with Gasteiger partial charge in [-0.15, -0.1) is 0 Å². The monoisotopic (exact) mass is 333 g/mol. The highest BCUT2D eigenvalue weighted by Gasteiger charge is 2.45. The molecule has 2 rings (SSSR count). The Morgan fingerprint density at radius 1 is 1.21 bits per heavy atom. The zero-order valence-corrected chi connectivity index (χ0v) is 14.2. The van der Waals surface area contributed by atoms with Crippen molar-refractivity contribution in [1.29, 1.82) is 0 Å². The van der Waals surface area contributed by atoms with E-state index >= 15 is 0 Å². The number of carbonyl (C=O) groups is 3. The average molecular weight is 333 g/mol. The van der Waals surface area contributed by atoms with Gasteiger partial charge in [-0.2, -0.15) is 4.57 Å². The van der Waals surface area contributed by atoms with Crippen molar-refractivity contribution in [2.45, 2.75) is 33.1 Å². The lowest BCUT2D eigenvalue weighted by Gasteiger charge is -2.17. The number of esters is 1. The van der Waals surface area contributed by atoms with Gasteiger partial charge in [0.1, 0.15) is 6.61 Å². The quantitative estimate of drug-likeness (QED) is 0.503. The van der Waals surface area contributed by atoms with Crippen LogP contribution in [0.4, 0.5) is 0 Å². The summed E-state index contributed by atoms with van der Waals surface area (Å²) >= 11 is 0. The summed E-state index contributed by atoms with van der Waals surface area (Å²) in [4.78, 5) is 36.1. The van der Waals surface area contributed by atoms with Crippen LogP contribution in [0.5, 0.6) is 0 Å². The number of pyridine rings is 1. The van der Waals surface area contributed by atoms with Crippen molar-refractivity contribution in [3.8, 4) is 0 Å². The Hall–Kier alpha value is -2.70. The number of carbonyl (C=O) groups excluding carboxylic acids is 3. The molecule has 7 heteroatoms. The Kier molecular flexibility index (Phi) is 4.73. The summed E-state index contributed by atoms with van der Waals surface area (Å²) in [5, 5.41) is 10.0. The highest BCUT2D eigenvalue weighted by molar-refractivity contribution is 6.28. The predicted octanol–water partition coefficient (Wildman–Crippen LogP) is 0.930. The fourth-order valence-corrected chi connectivity index (χ4v) is 2.34. The molecule has 0 spiro atoms. The molecule has 0 aromatic carbocycles. The molecule has 24 heavy (non-hydrogen) atoms. The number of nitrogens with zero attached hydrogens (tertiary/aromatic N) is 2.